The van der Waals surface area contributed by atoms with Gasteiger partial charge in [-0.05, 0) is 23.8 Å². The highest BCUT2D eigenvalue weighted by Gasteiger charge is 2.38. The van der Waals surface area contributed by atoms with Crippen LogP contribution in [0.2, 0.25) is 0 Å². The van der Waals surface area contributed by atoms with E-state index in [2.05, 4.69) is 15.9 Å². The molecule has 0 atom stereocenters. The number of rotatable bonds is 2. The maximum Gasteiger partial charge on any atom is 0.450 e. The minimum Gasteiger partial charge on any atom is -0.289 e. The van der Waals surface area contributed by atoms with Crippen molar-refractivity contribution in [3.8, 4) is 0 Å². The van der Waals surface area contributed by atoms with Gasteiger partial charge >= 0.3 is 6.18 Å². The van der Waals surface area contributed by atoms with Gasteiger partial charge < -0.3 is 0 Å². The van der Waals surface area contributed by atoms with Gasteiger partial charge in [-0.15, -0.1) is 0 Å². The lowest BCUT2D eigenvalue weighted by atomic mass is 10.1. The number of hydrogen-bond acceptors (Lipinski definition) is 1. The van der Waals surface area contributed by atoms with Crippen LogP contribution in [0.25, 0.3) is 0 Å². The van der Waals surface area contributed by atoms with E-state index in [1.54, 1.807) is 0 Å². The number of halogens is 5. The lowest BCUT2D eigenvalue weighted by molar-refractivity contribution is -0.170. The zero-order valence-corrected chi connectivity index (χ0v) is 8.82. The van der Waals surface area contributed by atoms with E-state index in [4.69, 9.17) is 0 Å². The quantitative estimate of drug-likeness (QED) is 0.762. The van der Waals surface area contributed by atoms with Crippen molar-refractivity contribution in [1.82, 2.24) is 0 Å². The Labute approximate surface area is 91.2 Å². The second-order valence-corrected chi connectivity index (χ2v) is 3.69. The lowest BCUT2D eigenvalue weighted by Crippen LogP contribution is -2.24. The molecule has 0 aliphatic rings. The van der Waals surface area contributed by atoms with Crippen LogP contribution in [0.5, 0.6) is 0 Å². The van der Waals surface area contributed by atoms with E-state index in [1.165, 1.54) is 6.07 Å². The molecule has 0 saturated heterocycles. The molecule has 0 amide bonds. The first kappa shape index (κ1) is 12.2. The van der Waals surface area contributed by atoms with Crippen LogP contribution in [-0.4, -0.2) is 12.0 Å². The van der Waals surface area contributed by atoms with Gasteiger partial charge in [-0.2, -0.15) is 13.2 Å². The molecular formula is C9H5BrF4O. The molecule has 0 aromatic heterocycles. The molecule has 0 heterocycles. The summed E-state index contributed by atoms with van der Waals surface area (Å²) >= 11 is 2.94. The Kier molecular flexibility index (Phi) is 3.49. The second-order valence-electron chi connectivity index (χ2n) is 2.83. The average molecular weight is 285 g/mol. The van der Waals surface area contributed by atoms with E-state index in [-0.39, 0.29) is 10.0 Å². The lowest BCUT2D eigenvalue weighted by Gasteiger charge is -2.06. The van der Waals surface area contributed by atoms with E-state index in [1.807, 2.05) is 0 Å². The summed E-state index contributed by atoms with van der Waals surface area (Å²) in [5.74, 6) is -2.57. The minimum absolute atomic E-state index is 0.0164. The Bertz CT molecular complexity index is 386. The van der Waals surface area contributed by atoms with Gasteiger partial charge in [0.25, 0.3) is 0 Å². The first-order chi connectivity index (χ1) is 6.80. The number of carbonyl (C=O) groups is 1. The number of benzene rings is 1. The van der Waals surface area contributed by atoms with Crippen LogP contribution in [0.4, 0.5) is 17.6 Å². The fourth-order valence-corrected chi connectivity index (χ4v) is 1.34. The average Bonchev–Trinajstić information content (AvgIpc) is 2.09. The van der Waals surface area contributed by atoms with Crippen LogP contribution < -0.4 is 0 Å². The van der Waals surface area contributed by atoms with E-state index in [0.717, 1.165) is 12.1 Å². The van der Waals surface area contributed by atoms with Gasteiger partial charge in [0.2, 0.25) is 5.78 Å². The zero-order valence-electron chi connectivity index (χ0n) is 7.24. The number of alkyl halides is 3. The summed E-state index contributed by atoms with van der Waals surface area (Å²) in [6.07, 6.45) is -5.74. The molecule has 0 fully saturated rings. The molecule has 0 unspecified atom stereocenters. The predicted molar refractivity (Wildman–Crippen MR) is 48.9 cm³/mol. The number of carbonyl (C=O) groups excluding carboxylic acids is 1. The molecule has 82 valence electrons. The molecule has 0 aliphatic heterocycles. The summed E-state index contributed by atoms with van der Waals surface area (Å²) in [6.45, 7) is 0. The molecule has 1 aromatic carbocycles. The van der Waals surface area contributed by atoms with E-state index in [9.17, 15) is 22.4 Å². The summed E-state index contributed by atoms with van der Waals surface area (Å²) in [5, 5.41) is 0. The van der Waals surface area contributed by atoms with Crippen LogP contribution in [-0.2, 0) is 11.2 Å². The van der Waals surface area contributed by atoms with Gasteiger partial charge in [0, 0.05) is 10.9 Å². The molecule has 0 spiro atoms. The monoisotopic (exact) mass is 284 g/mol. The van der Waals surface area contributed by atoms with Crippen molar-refractivity contribution in [1.29, 1.82) is 0 Å². The topological polar surface area (TPSA) is 17.1 Å². The van der Waals surface area contributed by atoms with E-state index >= 15 is 0 Å². The summed E-state index contributed by atoms with van der Waals surface area (Å²) < 4.78 is 48.7. The van der Waals surface area contributed by atoms with E-state index in [0.29, 0.717) is 0 Å². The molecule has 0 bridgehead atoms. The standard InChI is InChI=1S/C9H5BrF4O/c10-7-2-1-6(11)3-5(7)4-8(15)9(12,13)14/h1-3H,4H2. The smallest absolute Gasteiger partial charge is 0.289 e. The predicted octanol–water partition coefficient (Wildman–Crippen LogP) is 3.26. The Morgan fingerprint density at radius 2 is 1.93 bits per heavy atom. The third kappa shape index (κ3) is 3.30. The Balaban J connectivity index is 2.90. The summed E-state index contributed by atoms with van der Waals surface area (Å²) in [5.41, 5.74) is -0.0164. The normalized spacial score (nSPS) is 11.5. The van der Waals surface area contributed by atoms with Crippen molar-refractivity contribution in [3.63, 3.8) is 0 Å². The highest BCUT2D eigenvalue weighted by molar-refractivity contribution is 9.10. The van der Waals surface area contributed by atoms with Crippen molar-refractivity contribution in [2.45, 2.75) is 12.6 Å². The zero-order chi connectivity index (χ0) is 11.6. The van der Waals surface area contributed by atoms with Gasteiger partial charge in [-0.3, -0.25) is 4.79 Å². The highest BCUT2D eigenvalue weighted by Crippen LogP contribution is 2.23. The molecule has 15 heavy (non-hydrogen) atoms. The maximum atomic E-state index is 12.7. The fourth-order valence-electron chi connectivity index (χ4n) is 0.952. The molecule has 1 nitrogen and oxygen atoms in total. The third-order valence-corrected chi connectivity index (χ3v) is 2.45. The number of Topliss-reactive ketones (excluding diaryl/α,β-unsaturated/α-hetero) is 1. The number of hydrogen-bond donors (Lipinski definition) is 0. The van der Waals surface area contributed by atoms with Crippen LogP contribution in [0.15, 0.2) is 22.7 Å². The Morgan fingerprint density at radius 3 is 2.47 bits per heavy atom. The maximum absolute atomic E-state index is 12.7. The van der Waals surface area contributed by atoms with E-state index < -0.39 is 24.2 Å². The molecule has 0 radical (unpaired) electrons. The van der Waals surface area contributed by atoms with Crippen molar-refractivity contribution >= 4 is 21.7 Å². The largest absolute Gasteiger partial charge is 0.450 e. The van der Waals surface area contributed by atoms with Gasteiger partial charge in [0.1, 0.15) is 5.82 Å². The van der Waals surface area contributed by atoms with Crippen LogP contribution in [0, 0.1) is 5.82 Å². The highest BCUT2D eigenvalue weighted by atomic mass is 79.9. The van der Waals surface area contributed by atoms with Gasteiger partial charge in [-0.1, -0.05) is 15.9 Å². The summed E-state index contributed by atoms with van der Waals surface area (Å²) in [7, 11) is 0. The second kappa shape index (κ2) is 4.30. The van der Waals surface area contributed by atoms with Gasteiger partial charge in [0.15, 0.2) is 0 Å². The minimum atomic E-state index is -4.88. The SMILES string of the molecule is O=C(Cc1cc(F)ccc1Br)C(F)(F)F. The van der Waals surface area contributed by atoms with Crippen LogP contribution in [0.3, 0.4) is 0 Å². The fraction of sp³-hybridized carbons (Fsp3) is 0.222. The molecular weight excluding hydrogens is 280 g/mol. The van der Waals surface area contributed by atoms with Crippen molar-refractivity contribution in [2.24, 2.45) is 0 Å². The third-order valence-electron chi connectivity index (χ3n) is 1.67. The van der Waals surface area contributed by atoms with Gasteiger partial charge in [0.05, 0.1) is 0 Å². The van der Waals surface area contributed by atoms with Crippen molar-refractivity contribution < 1.29 is 22.4 Å². The van der Waals surface area contributed by atoms with Gasteiger partial charge in [-0.25, -0.2) is 4.39 Å². The molecule has 6 heteroatoms. The Hall–Kier alpha value is -0.910. The van der Waals surface area contributed by atoms with Crippen molar-refractivity contribution in [3.05, 3.63) is 34.1 Å². The summed E-state index contributed by atoms with van der Waals surface area (Å²) in [4.78, 5) is 10.6. The first-order valence-electron chi connectivity index (χ1n) is 3.84. The van der Waals surface area contributed by atoms with Crippen molar-refractivity contribution in [2.75, 3.05) is 0 Å². The first-order valence-corrected chi connectivity index (χ1v) is 4.64. The molecule has 0 aliphatic carbocycles. The molecule has 1 aromatic rings. The summed E-state index contributed by atoms with van der Waals surface area (Å²) in [6, 6.07) is 3.24. The molecule has 1 rings (SSSR count). The Morgan fingerprint density at radius 1 is 1.33 bits per heavy atom. The van der Waals surface area contributed by atoms with Crippen LogP contribution >= 0.6 is 15.9 Å². The van der Waals surface area contributed by atoms with Crippen LogP contribution in [0.1, 0.15) is 5.56 Å². The molecule has 0 saturated carbocycles. The number of ketones is 1. The molecule has 0 N–H and O–H groups in total.